The Kier molecular flexibility index (Phi) is 3.88. The van der Waals surface area contributed by atoms with Crippen molar-refractivity contribution in [3.05, 3.63) is 29.1 Å². The number of benzene rings is 1. The van der Waals surface area contributed by atoms with Crippen molar-refractivity contribution in [3.63, 3.8) is 0 Å². The number of hydrogen-bond donors (Lipinski definition) is 1. The number of hydrogen-bond acceptors (Lipinski definition) is 3. The number of ether oxygens (including phenoxy) is 1. The lowest BCUT2D eigenvalue weighted by Gasteiger charge is -2.24. The summed E-state index contributed by atoms with van der Waals surface area (Å²) in [7, 11) is 3.58. The van der Waals surface area contributed by atoms with Crippen LogP contribution < -0.4 is 10.5 Å². The van der Waals surface area contributed by atoms with Crippen molar-refractivity contribution in [3.8, 4) is 5.75 Å². The molecule has 1 aliphatic rings. The van der Waals surface area contributed by atoms with Gasteiger partial charge in [-0.1, -0.05) is 6.07 Å². The zero-order valence-corrected chi connectivity index (χ0v) is 11.2. The number of rotatable bonds is 3. The third kappa shape index (κ3) is 2.22. The third-order valence-corrected chi connectivity index (χ3v) is 3.87. The lowest BCUT2D eigenvalue weighted by molar-refractivity contribution is 0.297. The number of likely N-dealkylation sites (tertiary alicyclic amines) is 1. The predicted molar refractivity (Wildman–Crippen MR) is 70.2 cm³/mol. The molecule has 2 unspecified atom stereocenters. The van der Waals surface area contributed by atoms with Gasteiger partial charge in [-0.3, -0.25) is 4.90 Å². The maximum Gasteiger partial charge on any atom is 0.165 e. The first-order valence-corrected chi connectivity index (χ1v) is 6.31. The maximum absolute atomic E-state index is 13.8. The lowest BCUT2D eigenvalue weighted by atomic mass is 9.95. The van der Waals surface area contributed by atoms with E-state index in [-0.39, 0.29) is 11.9 Å². The van der Waals surface area contributed by atoms with Gasteiger partial charge in [0.1, 0.15) is 0 Å². The molecule has 1 aromatic rings. The van der Waals surface area contributed by atoms with Crippen LogP contribution in [0.3, 0.4) is 0 Å². The molecule has 100 valence electrons. The molecule has 0 saturated carbocycles. The Morgan fingerprint density at radius 3 is 2.78 bits per heavy atom. The Balaban J connectivity index is 2.41. The average Bonchev–Trinajstić information content (AvgIpc) is 2.73. The summed E-state index contributed by atoms with van der Waals surface area (Å²) in [6.07, 6.45) is 0.966. The van der Waals surface area contributed by atoms with Crippen LogP contribution in [0.25, 0.3) is 0 Å². The summed E-state index contributed by atoms with van der Waals surface area (Å²) >= 11 is 0. The van der Waals surface area contributed by atoms with E-state index < -0.39 is 0 Å². The Morgan fingerprint density at radius 2 is 2.22 bits per heavy atom. The molecule has 18 heavy (non-hydrogen) atoms. The highest BCUT2D eigenvalue weighted by Gasteiger charge is 2.33. The van der Waals surface area contributed by atoms with Crippen LogP contribution in [-0.2, 0) is 0 Å². The number of nitrogens with two attached hydrogens (primary N) is 1. The summed E-state index contributed by atoms with van der Waals surface area (Å²) in [6, 6.07) is 3.48. The van der Waals surface area contributed by atoms with E-state index in [9.17, 15) is 4.39 Å². The average molecular weight is 252 g/mol. The van der Waals surface area contributed by atoms with E-state index in [1.807, 2.05) is 13.0 Å². The number of halogens is 1. The molecule has 2 rings (SSSR count). The molecule has 0 aromatic heterocycles. The molecular weight excluding hydrogens is 231 g/mol. The second kappa shape index (κ2) is 5.24. The zero-order valence-electron chi connectivity index (χ0n) is 11.2. The molecule has 0 amide bonds. The summed E-state index contributed by atoms with van der Waals surface area (Å²) in [6.45, 7) is 3.64. The molecule has 2 atom stereocenters. The molecule has 0 spiro atoms. The smallest absolute Gasteiger partial charge is 0.165 e. The van der Waals surface area contributed by atoms with Gasteiger partial charge >= 0.3 is 0 Å². The normalized spacial score (nSPS) is 24.5. The van der Waals surface area contributed by atoms with Gasteiger partial charge in [-0.15, -0.1) is 0 Å². The summed E-state index contributed by atoms with van der Waals surface area (Å²) in [4.78, 5) is 2.24. The summed E-state index contributed by atoms with van der Waals surface area (Å²) in [5, 5.41) is 0. The zero-order chi connectivity index (χ0) is 13.3. The third-order valence-electron chi connectivity index (χ3n) is 3.87. The van der Waals surface area contributed by atoms with Gasteiger partial charge in [0.2, 0.25) is 0 Å². The molecule has 4 heteroatoms. The van der Waals surface area contributed by atoms with Crippen LogP contribution in [0.5, 0.6) is 5.75 Å². The standard InChI is InChI=1S/C14H21FN2O/c1-9-4-5-11(15)14(18-3)13(9)12-6-10(7-16)8-17(12)2/h4-5,10,12H,6-8,16H2,1-3H3. The highest BCUT2D eigenvalue weighted by molar-refractivity contribution is 5.43. The SMILES string of the molecule is COc1c(F)ccc(C)c1C1CC(CN)CN1C. The molecule has 1 aromatic carbocycles. The van der Waals surface area contributed by atoms with Crippen molar-refractivity contribution < 1.29 is 9.13 Å². The molecule has 1 fully saturated rings. The minimum atomic E-state index is -0.289. The molecular formula is C14H21FN2O. The predicted octanol–water partition coefficient (Wildman–Crippen LogP) is 2.09. The Morgan fingerprint density at radius 1 is 1.50 bits per heavy atom. The lowest BCUT2D eigenvalue weighted by Crippen LogP contribution is -2.21. The van der Waals surface area contributed by atoms with E-state index in [0.29, 0.717) is 18.2 Å². The molecule has 1 saturated heterocycles. The Hall–Kier alpha value is -1.13. The number of aryl methyl sites for hydroxylation is 1. The first-order valence-electron chi connectivity index (χ1n) is 6.31. The fraction of sp³-hybridized carbons (Fsp3) is 0.571. The van der Waals surface area contributed by atoms with E-state index in [4.69, 9.17) is 10.5 Å². The van der Waals surface area contributed by atoms with Gasteiger partial charge in [0, 0.05) is 18.2 Å². The first-order chi connectivity index (χ1) is 8.58. The topological polar surface area (TPSA) is 38.5 Å². The summed E-state index contributed by atoms with van der Waals surface area (Å²) in [5.74, 6) is 0.569. The van der Waals surface area contributed by atoms with E-state index >= 15 is 0 Å². The van der Waals surface area contributed by atoms with Crippen LogP contribution in [-0.4, -0.2) is 32.1 Å². The van der Waals surface area contributed by atoms with Gasteiger partial charge < -0.3 is 10.5 Å². The van der Waals surface area contributed by atoms with Crippen molar-refractivity contribution in [1.82, 2.24) is 4.90 Å². The quantitative estimate of drug-likeness (QED) is 0.895. The molecule has 2 N–H and O–H groups in total. The molecule has 0 aliphatic carbocycles. The van der Waals surface area contributed by atoms with Gasteiger partial charge in [0.15, 0.2) is 11.6 Å². The second-order valence-corrected chi connectivity index (χ2v) is 5.10. The highest BCUT2D eigenvalue weighted by Crippen LogP contribution is 2.40. The van der Waals surface area contributed by atoms with Crippen molar-refractivity contribution in [2.24, 2.45) is 11.7 Å². The molecule has 0 bridgehead atoms. The van der Waals surface area contributed by atoms with Crippen molar-refractivity contribution >= 4 is 0 Å². The minimum Gasteiger partial charge on any atom is -0.493 e. The van der Waals surface area contributed by atoms with E-state index in [2.05, 4.69) is 11.9 Å². The minimum absolute atomic E-state index is 0.198. The van der Waals surface area contributed by atoms with Crippen LogP contribution in [0.1, 0.15) is 23.6 Å². The Labute approximate surface area is 108 Å². The van der Waals surface area contributed by atoms with Crippen molar-refractivity contribution in [2.75, 3.05) is 27.2 Å². The van der Waals surface area contributed by atoms with Gasteiger partial charge in [0.05, 0.1) is 7.11 Å². The second-order valence-electron chi connectivity index (χ2n) is 5.10. The highest BCUT2D eigenvalue weighted by atomic mass is 19.1. The van der Waals surface area contributed by atoms with Crippen LogP contribution in [0, 0.1) is 18.7 Å². The van der Waals surface area contributed by atoms with Gasteiger partial charge in [-0.05, 0) is 44.5 Å². The van der Waals surface area contributed by atoms with E-state index in [1.165, 1.54) is 13.2 Å². The molecule has 1 aliphatic heterocycles. The maximum atomic E-state index is 13.8. The van der Waals surface area contributed by atoms with Crippen LogP contribution in [0.4, 0.5) is 4.39 Å². The van der Waals surface area contributed by atoms with Gasteiger partial charge in [-0.2, -0.15) is 0 Å². The van der Waals surface area contributed by atoms with Crippen LogP contribution in [0.15, 0.2) is 12.1 Å². The fourth-order valence-electron chi connectivity index (χ4n) is 2.91. The molecule has 3 nitrogen and oxygen atoms in total. The largest absolute Gasteiger partial charge is 0.493 e. The van der Waals surface area contributed by atoms with Gasteiger partial charge in [0.25, 0.3) is 0 Å². The number of nitrogens with zero attached hydrogens (tertiary/aromatic N) is 1. The van der Waals surface area contributed by atoms with Crippen molar-refractivity contribution in [2.45, 2.75) is 19.4 Å². The molecule has 1 heterocycles. The first kappa shape index (κ1) is 13.3. The summed E-state index contributed by atoms with van der Waals surface area (Å²) in [5.41, 5.74) is 7.78. The fourth-order valence-corrected chi connectivity index (χ4v) is 2.91. The van der Waals surface area contributed by atoms with Crippen molar-refractivity contribution in [1.29, 1.82) is 0 Å². The van der Waals surface area contributed by atoms with Crippen LogP contribution in [0.2, 0.25) is 0 Å². The van der Waals surface area contributed by atoms with E-state index in [1.54, 1.807) is 0 Å². The van der Waals surface area contributed by atoms with E-state index in [0.717, 1.165) is 24.1 Å². The molecule has 0 radical (unpaired) electrons. The Bertz CT molecular complexity index is 436. The monoisotopic (exact) mass is 252 g/mol. The van der Waals surface area contributed by atoms with Crippen LogP contribution >= 0.6 is 0 Å². The number of methoxy groups -OCH3 is 1. The van der Waals surface area contributed by atoms with Gasteiger partial charge in [-0.25, -0.2) is 4.39 Å². The summed E-state index contributed by atoms with van der Waals surface area (Å²) < 4.78 is 19.1.